The number of amides is 1. The Labute approximate surface area is 102 Å². The molecule has 0 aromatic carbocycles. The van der Waals surface area contributed by atoms with Gasteiger partial charge in [-0.2, -0.15) is 0 Å². The fraction of sp³-hybridized carbons (Fsp3) is 0.500. The SMILES string of the molecule is CCCC(C)N(C)C(=O)c1ccnc(NN)c1. The maximum absolute atomic E-state index is 12.2. The average molecular weight is 236 g/mol. The van der Waals surface area contributed by atoms with Gasteiger partial charge in [0.15, 0.2) is 0 Å². The van der Waals surface area contributed by atoms with E-state index in [9.17, 15) is 4.79 Å². The summed E-state index contributed by atoms with van der Waals surface area (Å²) in [6.07, 6.45) is 3.63. The van der Waals surface area contributed by atoms with Crippen LogP contribution in [0.5, 0.6) is 0 Å². The Kier molecular flexibility index (Phi) is 4.90. The Hall–Kier alpha value is -1.62. The quantitative estimate of drug-likeness (QED) is 0.602. The third-order valence-corrected chi connectivity index (χ3v) is 2.84. The molecule has 0 spiro atoms. The van der Waals surface area contributed by atoms with E-state index in [4.69, 9.17) is 5.84 Å². The van der Waals surface area contributed by atoms with E-state index >= 15 is 0 Å². The second-order valence-corrected chi connectivity index (χ2v) is 4.13. The van der Waals surface area contributed by atoms with Crippen molar-refractivity contribution in [1.29, 1.82) is 0 Å². The van der Waals surface area contributed by atoms with E-state index < -0.39 is 0 Å². The van der Waals surface area contributed by atoms with E-state index in [-0.39, 0.29) is 11.9 Å². The predicted molar refractivity (Wildman–Crippen MR) is 68.5 cm³/mol. The monoisotopic (exact) mass is 236 g/mol. The van der Waals surface area contributed by atoms with Crippen LogP contribution >= 0.6 is 0 Å². The van der Waals surface area contributed by atoms with Crippen molar-refractivity contribution in [1.82, 2.24) is 9.88 Å². The van der Waals surface area contributed by atoms with Crippen LogP contribution in [-0.2, 0) is 0 Å². The second kappa shape index (κ2) is 6.20. The van der Waals surface area contributed by atoms with Crippen molar-refractivity contribution in [2.24, 2.45) is 5.84 Å². The summed E-state index contributed by atoms with van der Waals surface area (Å²) in [5.74, 6) is 5.75. The van der Waals surface area contributed by atoms with Crippen molar-refractivity contribution in [3.8, 4) is 0 Å². The minimum absolute atomic E-state index is 0.00940. The Bertz CT molecular complexity index is 381. The summed E-state index contributed by atoms with van der Waals surface area (Å²) < 4.78 is 0. The van der Waals surface area contributed by atoms with E-state index in [1.807, 2.05) is 14.0 Å². The van der Waals surface area contributed by atoms with E-state index in [2.05, 4.69) is 17.3 Å². The Morgan fingerprint density at radius 3 is 2.94 bits per heavy atom. The summed E-state index contributed by atoms with van der Waals surface area (Å²) in [6.45, 7) is 4.16. The highest BCUT2D eigenvalue weighted by Gasteiger charge is 2.17. The molecule has 0 bridgehead atoms. The molecular weight excluding hydrogens is 216 g/mol. The van der Waals surface area contributed by atoms with Crippen LogP contribution in [0.1, 0.15) is 37.0 Å². The molecule has 0 aliphatic carbocycles. The molecule has 1 aromatic rings. The molecule has 1 amide bonds. The normalized spacial score (nSPS) is 12.0. The van der Waals surface area contributed by atoms with Crippen molar-refractivity contribution >= 4 is 11.7 Å². The number of carbonyl (C=O) groups is 1. The number of nitrogens with one attached hydrogen (secondary N) is 1. The number of hydrazine groups is 1. The van der Waals surface area contributed by atoms with Crippen LogP contribution in [0.3, 0.4) is 0 Å². The van der Waals surface area contributed by atoms with Crippen molar-refractivity contribution in [3.05, 3.63) is 23.9 Å². The molecule has 1 heterocycles. The van der Waals surface area contributed by atoms with Crippen LogP contribution in [0, 0.1) is 0 Å². The first kappa shape index (κ1) is 13.4. The Morgan fingerprint density at radius 1 is 1.65 bits per heavy atom. The number of hydrogen-bond acceptors (Lipinski definition) is 4. The first-order valence-corrected chi connectivity index (χ1v) is 5.80. The molecular formula is C12H20N4O. The maximum Gasteiger partial charge on any atom is 0.254 e. The number of nitrogens with two attached hydrogens (primary N) is 1. The molecule has 1 unspecified atom stereocenters. The minimum atomic E-state index is -0.00940. The fourth-order valence-electron chi connectivity index (χ4n) is 1.66. The molecule has 1 aromatic heterocycles. The Morgan fingerprint density at radius 2 is 2.35 bits per heavy atom. The van der Waals surface area contributed by atoms with E-state index in [0.29, 0.717) is 11.4 Å². The van der Waals surface area contributed by atoms with Crippen LogP contribution in [0.15, 0.2) is 18.3 Å². The zero-order valence-electron chi connectivity index (χ0n) is 10.6. The van der Waals surface area contributed by atoms with Crippen LogP contribution in [0.4, 0.5) is 5.82 Å². The number of nitrogens with zero attached hydrogens (tertiary/aromatic N) is 2. The summed E-state index contributed by atoms with van der Waals surface area (Å²) in [7, 11) is 1.82. The summed E-state index contributed by atoms with van der Waals surface area (Å²) in [5, 5.41) is 0. The summed E-state index contributed by atoms with van der Waals surface area (Å²) in [5.41, 5.74) is 3.03. The van der Waals surface area contributed by atoms with Gasteiger partial charge in [-0.3, -0.25) is 4.79 Å². The number of hydrogen-bond donors (Lipinski definition) is 2. The predicted octanol–water partition coefficient (Wildman–Crippen LogP) is 1.63. The summed E-state index contributed by atoms with van der Waals surface area (Å²) in [6, 6.07) is 3.57. The largest absolute Gasteiger partial charge is 0.339 e. The van der Waals surface area contributed by atoms with Gasteiger partial charge in [0.25, 0.3) is 5.91 Å². The molecule has 1 atom stereocenters. The molecule has 5 heteroatoms. The molecule has 0 radical (unpaired) electrons. The number of nitrogen functional groups attached to an aromatic ring is 1. The van der Waals surface area contributed by atoms with E-state index in [1.54, 1.807) is 23.2 Å². The van der Waals surface area contributed by atoms with Gasteiger partial charge in [0.1, 0.15) is 5.82 Å². The third kappa shape index (κ3) is 3.42. The summed E-state index contributed by atoms with van der Waals surface area (Å²) in [4.78, 5) is 17.9. The number of pyridine rings is 1. The topological polar surface area (TPSA) is 71.2 Å². The zero-order chi connectivity index (χ0) is 12.8. The molecule has 0 aliphatic rings. The van der Waals surface area contributed by atoms with Crippen molar-refractivity contribution in [2.75, 3.05) is 12.5 Å². The Balaban J connectivity index is 2.80. The lowest BCUT2D eigenvalue weighted by atomic mass is 10.1. The minimum Gasteiger partial charge on any atom is -0.339 e. The molecule has 0 aliphatic heterocycles. The third-order valence-electron chi connectivity index (χ3n) is 2.84. The molecule has 94 valence electrons. The molecule has 0 fully saturated rings. The number of carbonyl (C=O) groups excluding carboxylic acids is 1. The average Bonchev–Trinajstić information content (AvgIpc) is 2.37. The fourth-order valence-corrected chi connectivity index (χ4v) is 1.66. The van der Waals surface area contributed by atoms with Crippen molar-refractivity contribution < 1.29 is 4.79 Å². The van der Waals surface area contributed by atoms with E-state index in [0.717, 1.165) is 12.8 Å². The standard InChI is InChI=1S/C12H20N4O/c1-4-5-9(2)16(3)12(17)10-6-7-14-11(8-10)15-13/h6-9H,4-5,13H2,1-3H3,(H,14,15). The maximum atomic E-state index is 12.2. The first-order valence-electron chi connectivity index (χ1n) is 5.80. The first-order chi connectivity index (χ1) is 8.10. The van der Waals surface area contributed by atoms with Gasteiger partial charge in [0.05, 0.1) is 0 Å². The highest BCUT2D eigenvalue weighted by atomic mass is 16.2. The van der Waals surface area contributed by atoms with E-state index in [1.165, 1.54) is 0 Å². The lowest BCUT2D eigenvalue weighted by molar-refractivity contribution is 0.0736. The number of anilines is 1. The van der Waals surface area contributed by atoms with Crippen LogP contribution in [0.2, 0.25) is 0 Å². The van der Waals surface area contributed by atoms with Crippen molar-refractivity contribution in [3.63, 3.8) is 0 Å². The molecule has 5 nitrogen and oxygen atoms in total. The van der Waals surface area contributed by atoms with Gasteiger partial charge < -0.3 is 10.3 Å². The molecule has 0 saturated heterocycles. The molecule has 1 rings (SSSR count). The summed E-state index contributed by atoms with van der Waals surface area (Å²) >= 11 is 0. The van der Waals surface area contributed by atoms with Gasteiger partial charge in [0.2, 0.25) is 0 Å². The van der Waals surface area contributed by atoms with Crippen LogP contribution < -0.4 is 11.3 Å². The number of aromatic nitrogens is 1. The molecule has 0 saturated carbocycles. The second-order valence-electron chi connectivity index (χ2n) is 4.13. The van der Waals surface area contributed by atoms with Gasteiger partial charge >= 0.3 is 0 Å². The zero-order valence-corrected chi connectivity index (χ0v) is 10.6. The van der Waals surface area contributed by atoms with Gasteiger partial charge in [-0.1, -0.05) is 13.3 Å². The highest BCUT2D eigenvalue weighted by molar-refractivity contribution is 5.94. The van der Waals surface area contributed by atoms with Gasteiger partial charge in [-0.25, -0.2) is 10.8 Å². The van der Waals surface area contributed by atoms with Crippen molar-refractivity contribution in [2.45, 2.75) is 32.7 Å². The van der Waals surface area contributed by atoms with Crippen LogP contribution in [0.25, 0.3) is 0 Å². The van der Waals surface area contributed by atoms with Crippen LogP contribution in [-0.4, -0.2) is 28.9 Å². The number of rotatable bonds is 5. The molecule has 3 N–H and O–H groups in total. The van der Waals surface area contributed by atoms with Gasteiger partial charge in [-0.15, -0.1) is 0 Å². The van der Waals surface area contributed by atoms with Gasteiger partial charge in [0, 0.05) is 24.8 Å². The highest BCUT2D eigenvalue weighted by Crippen LogP contribution is 2.12. The lowest BCUT2D eigenvalue weighted by Gasteiger charge is -2.24. The lowest BCUT2D eigenvalue weighted by Crippen LogP contribution is -2.35. The smallest absolute Gasteiger partial charge is 0.254 e. The molecule has 17 heavy (non-hydrogen) atoms. The van der Waals surface area contributed by atoms with Gasteiger partial charge in [-0.05, 0) is 25.5 Å².